The predicted octanol–water partition coefficient (Wildman–Crippen LogP) is 2.64. The molecule has 12 nitrogen and oxygen atoms in total. The van der Waals surface area contributed by atoms with Crippen LogP contribution in [0, 0.1) is 23.7 Å². The average Bonchev–Trinajstić information content (AvgIpc) is 3.07. The molecule has 12 atom stereocenters. The molecule has 3 heterocycles. The maximum atomic E-state index is 13.4. The van der Waals surface area contributed by atoms with Crippen molar-refractivity contribution >= 4 is 18.0 Å². The van der Waals surface area contributed by atoms with Crippen LogP contribution in [-0.4, -0.2) is 119 Å². The number of hydrogen-bond acceptors (Lipinski definition) is 12. The summed E-state index contributed by atoms with van der Waals surface area (Å²) in [5.74, 6) is -2.72. The van der Waals surface area contributed by atoms with E-state index < -0.39 is 72.7 Å². The number of rotatable bonds is 11. The van der Waals surface area contributed by atoms with Crippen LogP contribution in [-0.2, 0) is 35.0 Å². The molecule has 0 aliphatic carbocycles. The van der Waals surface area contributed by atoms with Crippen LogP contribution >= 0.6 is 0 Å². The molecule has 1 aromatic rings. The first-order valence-electron chi connectivity index (χ1n) is 17.9. The zero-order valence-corrected chi connectivity index (χ0v) is 30.7. The van der Waals surface area contributed by atoms with Crippen LogP contribution in [0.3, 0.4) is 0 Å². The van der Waals surface area contributed by atoms with Gasteiger partial charge in [-0.1, -0.05) is 44.6 Å². The van der Waals surface area contributed by atoms with Crippen molar-refractivity contribution in [1.29, 1.82) is 0 Å². The van der Waals surface area contributed by atoms with Crippen LogP contribution in [0.1, 0.15) is 66.0 Å². The van der Waals surface area contributed by atoms with Gasteiger partial charge in [0.15, 0.2) is 12.1 Å². The topological polar surface area (TPSA) is 168 Å². The molecule has 0 radical (unpaired) electrons. The smallest absolute Gasteiger partial charge is 0.308 e. The Bertz CT molecular complexity index is 1280. The Kier molecular flexibility index (Phi) is 16.9. The number of ketones is 1. The Morgan fingerprint density at radius 1 is 1.10 bits per heavy atom. The SMILES string of the molecule is CC[C@H]1OC(=O)C[C@@H](O)[C@H](C)[C@@H](O[C@@H]2O[C@H](C)[C@@H](O)[C@H](N(C)C)[C@H]2O)[C@@H](CC=O)C[C@@H](C)C(=O)/C=C/C(C)=C/[C@@H]1CNCCc1ccccn1. The molecular formula is C38H59N3O9. The van der Waals surface area contributed by atoms with E-state index in [0.717, 1.165) is 24.0 Å². The Hall–Kier alpha value is -2.84. The van der Waals surface area contributed by atoms with Gasteiger partial charge in [-0.05, 0) is 64.9 Å². The summed E-state index contributed by atoms with van der Waals surface area (Å²) in [7, 11) is 3.46. The number of nitrogens with zero attached hydrogens (tertiary/aromatic N) is 2. The number of pyridine rings is 1. The number of esters is 1. The predicted molar refractivity (Wildman–Crippen MR) is 189 cm³/mol. The van der Waals surface area contributed by atoms with Gasteiger partial charge in [0, 0.05) is 55.6 Å². The van der Waals surface area contributed by atoms with Crippen LogP contribution in [0.2, 0.25) is 0 Å². The van der Waals surface area contributed by atoms with Gasteiger partial charge in [-0.3, -0.25) is 14.6 Å². The van der Waals surface area contributed by atoms with Gasteiger partial charge in [0.25, 0.3) is 0 Å². The molecule has 1 aromatic heterocycles. The largest absolute Gasteiger partial charge is 0.462 e. The lowest BCUT2D eigenvalue weighted by Crippen LogP contribution is -2.63. The minimum atomic E-state index is -1.26. The van der Waals surface area contributed by atoms with E-state index in [4.69, 9.17) is 14.2 Å². The van der Waals surface area contributed by atoms with Crippen LogP contribution in [0.4, 0.5) is 0 Å². The fraction of sp³-hybridized carbons (Fsp3) is 0.684. The third-order valence-electron chi connectivity index (χ3n) is 10.0. The van der Waals surface area contributed by atoms with Crippen molar-refractivity contribution in [2.24, 2.45) is 23.7 Å². The van der Waals surface area contributed by atoms with Crippen molar-refractivity contribution in [3.05, 3.63) is 53.9 Å². The fourth-order valence-electron chi connectivity index (χ4n) is 6.98. The molecule has 1 saturated heterocycles. The van der Waals surface area contributed by atoms with E-state index >= 15 is 0 Å². The van der Waals surface area contributed by atoms with Crippen molar-refractivity contribution in [3.8, 4) is 0 Å². The maximum absolute atomic E-state index is 13.4. The second-order valence-corrected chi connectivity index (χ2v) is 14.2. The monoisotopic (exact) mass is 701 g/mol. The molecule has 280 valence electrons. The molecule has 0 bridgehead atoms. The molecule has 0 spiro atoms. The van der Waals surface area contributed by atoms with Crippen LogP contribution in [0.25, 0.3) is 0 Å². The normalized spacial score (nSPS) is 36.7. The van der Waals surface area contributed by atoms with Crippen molar-refractivity contribution in [2.45, 2.75) is 116 Å². The first-order chi connectivity index (χ1) is 23.8. The van der Waals surface area contributed by atoms with Gasteiger partial charge in [-0.2, -0.15) is 0 Å². The van der Waals surface area contributed by atoms with Crippen molar-refractivity contribution in [3.63, 3.8) is 0 Å². The number of aliphatic hydroxyl groups excluding tert-OH is 3. The third-order valence-corrected chi connectivity index (χ3v) is 10.0. The molecule has 3 rings (SSSR count). The molecule has 12 heteroatoms. The van der Waals surface area contributed by atoms with Crippen molar-refractivity contribution < 1.29 is 43.9 Å². The van der Waals surface area contributed by atoms with Gasteiger partial charge >= 0.3 is 5.97 Å². The number of hydrogen-bond donors (Lipinski definition) is 4. The van der Waals surface area contributed by atoms with Gasteiger partial charge in [-0.25, -0.2) is 0 Å². The summed E-state index contributed by atoms with van der Waals surface area (Å²) in [4.78, 5) is 44.9. The average molecular weight is 702 g/mol. The van der Waals surface area contributed by atoms with E-state index in [1.54, 1.807) is 52.0 Å². The standard InChI is InChI=1S/C38H59N3O9/c1-8-32-28(22-39-17-14-29-11-9-10-16-40-29)19-23(2)12-13-30(43)24(3)20-27(15-18-42)37(25(4)31(44)21-33(45)49-32)50-38-36(47)34(41(6)7)35(46)26(5)48-38/h9-13,16,18-19,24-28,31-32,34-39,44,46-47H,8,14-15,17,20-22H2,1-7H3/b13-12+,23-19+/t24-,25+,26-,27+,28-,31-,32-,34+,35-,36-,37-,38+/m1/s1. The van der Waals surface area contributed by atoms with Gasteiger partial charge in [0.05, 0.1) is 36.9 Å². The molecule has 1 fully saturated rings. The lowest BCUT2D eigenvalue weighted by molar-refractivity contribution is -0.304. The molecular weight excluding hydrogens is 642 g/mol. The summed E-state index contributed by atoms with van der Waals surface area (Å²) in [6, 6.07) is 5.08. The molecule has 4 N–H and O–H groups in total. The summed E-state index contributed by atoms with van der Waals surface area (Å²) in [6.45, 7) is 10.2. The zero-order chi connectivity index (χ0) is 37.0. The molecule has 2 aliphatic heterocycles. The number of ether oxygens (including phenoxy) is 3. The Labute approximate surface area is 297 Å². The van der Waals surface area contributed by atoms with Crippen LogP contribution in [0.5, 0.6) is 0 Å². The number of cyclic esters (lactones) is 1. The van der Waals surface area contributed by atoms with Gasteiger partial charge < -0.3 is 44.5 Å². The summed E-state index contributed by atoms with van der Waals surface area (Å²) in [5.41, 5.74) is 1.80. The Morgan fingerprint density at radius 3 is 2.48 bits per heavy atom. The van der Waals surface area contributed by atoms with Crippen molar-refractivity contribution in [2.75, 3.05) is 27.2 Å². The number of allylic oxidation sites excluding steroid dienone is 3. The minimum absolute atomic E-state index is 0.0114. The van der Waals surface area contributed by atoms with Gasteiger partial charge in [-0.15, -0.1) is 0 Å². The molecule has 0 unspecified atom stereocenters. The lowest BCUT2D eigenvalue weighted by atomic mass is 9.79. The molecule has 0 saturated carbocycles. The number of aromatic nitrogens is 1. The van der Waals surface area contributed by atoms with Crippen molar-refractivity contribution in [1.82, 2.24) is 15.2 Å². The number of aliphatic hydroxyl groups is 3. The summed E-state index contributed by atoms with van der Waals surface area (Å²) < 4.78 is 18.4. The highest BCUT2D eigenvalue weighted by Gasteiger charge is 2.47. The quantitative estimate of drug-likeness (QED) is 0.152. The second-order valence-electron chi connectivity index (χ2n) is 14.2. The number of carbonyl (C=O) groups is 3. The highest BCUT2D eigenvalue weighted by Crippen LogP contribution is 2.34. The fourth-order valence-corrected chi connectivity index (χ4v) is 6.98. The van der Waals surface area contributed by atoms with E-state index in [2.05, 4.69) is 10.3 Å². The van der Waals surface area contributed by atoms with Crippen LogP contribution < -0.4 is 5.32 Å². The number of carbonyl (C=O) groups excluding carboxylic acids is 3. The van der Waals surface area contributed by atoms with Gasteiger partial charge in [0.1, 0.15) is 18.5 Å². The maximum Gasteiger partial charge on any atom is 0.308 e. The molecule has 2 aliphatic rings. The molecule has 0 amide bonds. The third kappa shape index (κ3) is 11.9. The summed E-state index contributed by atoms with van der Waals surface area (Å²) >= 11 is 0. The number of nitrogens with one attached hydrogen (secondary N) is 1. The Balaban J connectivity index is 1.91. The van der Waals surface area contributed by atoms with Crippen LogP contribution in [0.15, 0.2) is 48.2 Å². The highest BCUT2D eigenvalue weighted by molar-refractivity contribution is 5.91. The van der Waals surface area contributed by atoms with E-state index in [-0.39, 0.29) is 31.0 Å². The second kappa shape index (κ2) is 20.3. The lowest BCUT2D eigenvalue weighted by Gasteiger charge is -2.46. The zero-order valence-electron chi connectivity index (χ0n) is 30.7. The molecule has 0 aromatic carbocycles. The van der Waals surface area contributed by atoms with E-state index in [1.807, 2.05) is 38.1 Å². The molecule has 50 heavy (non-hydrogen) atoms. The van der Waals surface area contributed by atoms with E-state index in [0.29, 0.717) is 19.5 Å². The highest BCUT2D eigenvalue weighted by atomic mass is 16.7. The van der Waals surface area contributed by atoms with E-state index in [9.17, 15) is 29.7 Å². The van der Waals surface area contributed by atoms with Gasteiger partial charge in [0.2, 0.25) is 0 Å². The minimum Gasteiger partial charge on any atom is -0.462 e. The number of likely N-dealkylation sites (N-methyl/N-ethyl adjacent to an activating group) is 1. The summed E-state index contributed by atoms with van der Waals surface area (Å²) in [6.07, 6.45) is 2.19. The Morgan fingerprint density at radius 2 is 1.84 bits per heavy atom. The summed E-state index contributed by atoms with van der Waals surface area (Å²) in [5, 5.41) is 36.9. The number of aldehydes is 1. The first kappa shape index (κ1) is 41.6. The first-order valence-corrected chi connectivity index (χ1v) is 17.9. The van der Waals surface area contributed by atoms with E-state index in [1.165, 1.54) is 6.08 Å².